The molecule has 1 aromatic heterocycles. The zero-order chi connectivity index (χ0) is 14.6. The topological polar surface area (TPSA) is 42.0 Å². The zero-order valence-corrected chi connectivity index (χ0v) is 12.3. The van der Waals surface area contributed by atoms with Gasteiger partial charge in [0.05, 0.1) is 5.41 Å². The van der Waals surface area contributed by atoms with Crippen molar-refractivity contribution >= 4 is 11.6 Å². The molecule has 0 radical (unpaired) electrons. The number of pyridine rings is 1. The fourth-order valence-corrected chi connectivity index (χ4v) is 3.62. The van der Waals surface area contributed by atoms with E-state index in [9.17, 15) is 4.79 Å². The number of benzene rings is 1. The minimum Gasteiger partial charge on any atom is -0.325 e. The molecule has 1 aliphatic heterocycles. The Bertz CT molecular complexity index is 751. The molecule has 0 fully saturated rings. The Balaban J connectivity index is 1.81. The highest BCUT2D eigenvalue weighted by molar-refractivity contribution is 6.07. The summed E-state index contributed by atoms with van der Waals surface area (Å²) in [5, 5.41) is 3.04. The molecule has 1 aliphatic carbocycles. The van der Waals surface area contributed by atoms with Gasteiger partial charge < -0.3 is 5.32 Å². The van der Waals surface area contributed by atoms with Crippen LogP contribution in [0.3, 0.4) is 0 Å². The number of rotatable bonds is 1. The molecule has 21 heavy (non-hydrogen) atoms. The third kappa shape index (κ3) is 1.67. The second-order valence-electron chi connectivity index (χ2n) is 6.47. The van der Waals surface area contributed by atoms with Crippen LogP contribution in [-0.2, 0) is 23.1 Å². The summed E-state index contributed by atoms with van der Waals surface area (Å²) in [4.78, 5) is 17.2. The minimum absolute atomic E-state index is 0.131. The number of para-hydroxylation sites is 1. The van der Waals surface area contributed by atoms with Gasteiger partial charge in [-0.15, -0.1) is 0 Å². The van der Waals surface area contributed by atoms with Crippen LogP contribution in [-0.4, -0.2) is 10.9 Å². The fourth-order valence-electron chi connectivity index (χ4n) is 3.62. The van der Waals surface area contributed by atoms with E-state index in [4.69, 9.17) is 0 Å². The summed E-state index contributed by atoms with van der Waals surface area (Å²) in [6.45, 7) is 4.30. The lowest BCUT2D eigenvalue weighted by molar-refractivity contribution is -0.120. The van der Waals surface area contributed by atoms with Crippen LogP contribution in [0.15, 0.2) is 36.5 Å². The molecular weight excluding hydrogens is 260 g/mol. The Morgan fingerprint density at radius 1 is 1.19 bits per heavy atom. The summed E-state index contributed by atoms with van der Waals surface area (Å²) in [7, 11) is 0. The number of nitrogens with zero attached hydrogens (tertiary/aromatic N) is 1. The second-order valence-corrected chi connectivity index (χ2v) is 6.47. The molecule has 4 rings (SSSR count). The number of aromatic nitrogens is 1. The van der Waals surface area contributed by atoms with E-state index in [0.29, 0.717) is 5.92 Å². The second kappa shape index (κ2) is 4.17. The SMILES string of the molecule is CC(C)c1cc2c(cn1)C[C@]1(C2)C(=O)Nc2ccccc21. The zero-order valence-electron chi connectivity index (χ0n) is 12.3. The lowest BCUT2D eigenvalue weighted by atomic mass is 9.79. The number of anilines is 1. The van der Waals surface area contributed by atoms with E-state index in [1.807, 2.05) is 24.4 Å². The smallest absolute Gasteiger partial charge is 0.235 e. The minimum atomic E-state index is -0.420. The summed E-state index contributed by atoms with van der Waals surface area (Å²) in [6.07, 6.45) is 3.51. The van der Waals surface area contributed by atoms with E-state index in [1.54, 1.807) is 0 Å². The number of hydrogen-bond donors (Lipinski definition) is 1. The van der Waals surface area contributed by atoms with Gasteiger partial charge in [0.15, 0.2) is 0 Å². The number of amides is 1. The molecule has 2 aliphatic rings. The van der Waals surface area contributed by atoms with Crippen LogP contribution in [0.1, 0.15) is 42.1 Å². The first-order valence-electron chi connectivity index (χ1n) is 7.49. The monoisotopic (exact) mass is 278 g/mol. The summed E-state index contributed by atoms with van der Waals surface area (Å²) >= 11 is 0. The summed E-state index contributed by atoms with van der Waals surface area (Å²) in [5.74, 6) is 0.544. The lowest BCUT2D eigenvalue weighted by Gasteiger charge is -2.20. The predicted octanol–water partition coefficient (Wildman–Crippen LogP) is 3.19. The Morgan fingerprint density at radius 3 is 2.76 bits per heavy atom. The normalized spacial score (nSPS) is 22.5. The van der Waals surface area contributed by atoms with E-state index >= 15 is 0 Å². The highest BCUT2D eigenvalue weighted by Crippen LogP contribution is 2.47. The van der Waals surface area contributed by atoms with E-state index in [2.05, 4.69) is 36.3 Å². The largest absolute Gasteiger partial charge is 0.325 e. The maximum Gasteiger partial charge on any atom is 0.235 e. The van der Waals surface area contributed by atoms with E-state index in [0.717, 1.165) is 29.8 Å². The number of carbonyl (C=O) groups excluding carboxylic acids is 1. The van der Waals surface area contributed by atoms with Gasteiger partial charge in [-0.2, -0.15) is 0 Å². The van der Waals surface area contributed by atoms with Gasteiger partial charge in [-0.1, -0.05) is 32.0 Å². The Morgan fingerprint density at radius 2 is 1.95 bits per heavy atom. The van der Waals surface area contributed by atoms with Gasteiger partial charge in [-0.25, -0.2) is 0 Å². The van der Waals surface area contributed by atoms with Gasteiger partial charge in [0, 0.05) is 17.6 Å². The van der Waals surface area contributed by atoms with Gasteiger partial charge in [-0.05, 0) is 47.6 Å². The van der Waals surface area contributed by atoms with Gasteiger partial charge in [0.1, 0.15) is 0 Å². The van der Waals surface area contributed by atoms with Crippen molar-refractivity contribution in [2.45, 2.75) is 38.0 Å². The van der Waals surface area contributed by atoms with Gasteiger partial charge in [0.2, 0.25) is 5.91 Å². The van der Waals surface area contributed by atoms with Crippen LogP contribution in [0.25, 0.3) is 0 Å². The first-order valence-corrected chi connectivity index (χ1v) is 7.49. The van der Waals surface area contributed by atoms with Crippen LogP contribution in [0.5, 0.6) is 0 Å². The van der Waals surface area contributed by atoms with Crippen molar-refractivity contribution in [1.29, 1.82) is 0 Å². The van der Waals surface area contributed by atoms with Crippen molar-refractivity contribution in [1.82, 2.24) is 4.98 Å². The summed E-state index contributed by atoms with van der Waals surface area (Å²) in [5.41, 5.74) is 5.28. The molecule has 0 unspecified atom stereocenters. The Hall–Kier alpha value is -2.16. The first-order chi connectivity index (χ1) is 10.1. The molecule has 1 N–H and O–H groups in total. The van der Waals surface area contributed by atoms with Crippen LogP contribution in [0.2, 0.25) is 0 Å². The third-order valence-electron chi connectivity index (χ3n) is 4.81. The van der Waals surface area contributed by atoms with Crippen molar-refractivity contribution in [3.05, 3.63) is 58.9 Å². The number of carbonyl (C=O) groups is 1. The van der Waals surface area contributed by atoms with Crippen molar-refractivity contribution in [2.24, 2.45) is 0 Å². The average Bonchev–Trinajstić information content (AvgIpc) is 2.98. The number of fused-ring (bicyclic) bond motifs is 3. The molecule has 1 amide bonds. The molecule has 1 atom stereocenters. The van der Waals surface area contributed by atoms with Crippen LogP contribution < -0.4 is 5.32 Å². The lowest BCUT2D eigenvalue weighted by Crippen LogP contribution is -2.35. The fraction of sp³-hybridized carbons (Fsp3) is 0.333. The molecule has 0 bridgehead atoms. The average molecular weight is 278 g/mol. The highest BCUT2D eigenvalue weighted by atomic mass is 16.2. The first kappa shape index (κ1) is 12.6. The van der Waals surface area contributed by atoms with Crippen molar-refractivity contribution in [3.63, 3.8) is 0 Å². The molecule has 0 saturated carbocycles. The molecular formula is C18H18N2O. The maximum atomic E-state index is 12.6. The van der Waals surface area contributed by atoms with Crippen LogP contribution in [0, 0.1) is 0 Å². The highest BCUT2D eigenvalue weighted by Gasteiger charge is 2.50. The molecule has 2 aromatic rings. The molecule has 0 saturated heterocycles. The molecule has 1 spiro atoms. The van der Waals surface area contributed by atoms with Crippen LogP contribution in [0.4, 0.5) is 5.69 Å². The number of nitrogens with one attached hydrogen (secondary N) is 1. The third-order valence-corrected chi connectivity index (χ3v) is 4.81. The standard InChI is InChI=1S/C18H18N2O/c1-11(2)16-7-12-8-18(9-13(12)10-19-16)14-5-3-4-6-15(14)20-17(18)21/h3-7,10-11H,8-9H2,1-2H3,(H,20,21)/t18-/m0/s1. The summed E-state index contributed by atoms with van der Waals surface area (Å²) < 4.78 is 0. The molecule has 106 valence electrons. The Kier molecular flexibility index (Phi) is 2.49. The molecule has 3 heteroatoms. The van der Waals surface area contributed by atoms with Crippen molar-refractivity contribution < 1.29 is 4.79 Å². The molecule has 1 aromatic carbocycles. The summed E-state index contributed by atoms with van der Waals surface area (Å²) in [6, 6.07) is 10.2. The van der Waals surface area contributed by atoms with E-state index < -0.39 is 5.41 Å². The van der Waals surface area contributed by atoms with Gasteiger partial charge in [0.25, 0.3) is 0 Å². The molecule has 3 nitrogen and oxygen atoms in total. The van der Waals surface area contributed by atoms with E-state index in [1.165, 1.54) is 11.1 Å². The maximum absolute atomic E-state index is 12.6. The van der Waals surface area contributed by atoms with Crippen molar-refractivity contribution in [2.75, 3.05) is 5.32 Å². The van der Waals surface area contributed by atoms with Gasteiger partial charge >= 0.3 is 0 Å². The Labute approximate surface area is 124 Å². The van der Waals surface area contributed by atoms with Crippen LogP contribution >= 0.6 is 0 Å². The quantitative estimate of drug-likeness (QED) is 0.870. The molecule has 2 heterocycles. The van der Waals surface area contributed by atoms with Gasteiger partial charge in [-0.3, -0.25) is 9.78 Å². The predicted molar refractivity (Wildman–Crippen MR) is 82.5 cm³/mol. The van der Waals surface area contributed by atoms with Crippen molar-refractivity contribution in [3.8, 4) is 0 Å². The number of hydrogen-bond acceptors (Lipinski definition) is 2. The van der Waals surface area contributed by atoms with E-state index in [-0.39, 0.29) is 5.91 Å².